The molecule has 0 aromatic carbocycles. The monoisotopic (exact) mass is 346 g/mol. The first-order chi connectivity index (χ1) is 12.0. The van der Waals surface area contributed by atoms with Crippen LogP contribution in [0, 0.1) is 12.8 Å². The fraction of sp³-hybridized carbons (Fsp3) is 0.529. The number of aliphatic carboxylic acids is 1. The van der Waals surface area contributed by atoms with Crippen molar-refractivity contribution in [1.29, 1.82) is 0 Å². The molecule has 2 aliphatic heterocycles. The summed E-state index contributed by atoms with van der Waals surface area (Å²) in [6, 6.07) is 1.61. The highest BCUT2D eigenvalue weighted by atomic mass is 16.4. The lowest BCUT2D eigenvalue weighted by Crippen LogP contribution is -2.48. The van der Waals surface area contributed by atoms with E-state index in [0.29, 0.717) is 25.9 Å². The van der Waals surface area contributed by atoms with Gasteiger partial charge in [-0.2, -0.15) is 0 Å². The first-order valence-corrected chi connectivity index (χ1v) is 8.44. The van der Waals surface area contributed by atoms with Crippen LogP contribution < -0.4 is 5.32 Å². The minimum Gasteiger partial charge on any atom is -0.481 e. The lowest BCUT2D eigenvalue weighted by molar-refractivity contribution is -0.141. The van der Waals surface area contributed by atoms with Gasteiger partial charge < -0.3 is 20.2 Å². The molecule has 0 aliphatic carbocycles. The van der Waals surface area contributed by atoms with Crippen molar-refractivity contribution < 1.29 is 19.5 Å². The molecule has 0 spiro atoms. The summed E-state index contributed by atoms with van der Waals surface area (Å²) in [5, 5.41) is 12.0. The molecule has 3 heterocycles. The molecule has 1 atom stereocenters. The highest BCUT2D eigenvalue weighted by molar-refractivity contribution is 5.90. The molecule has 134 valence electrons. The molecule has 1 aromatic rings. The largest absolute Gasteiger partial charge is 0.481 e. The van der Waals surface area contributed by atoms with E-state index in [1.807, 2.05) is 6.92 Å². The van der Waals surface area contributed by atoms with Crippen LogP contribution in [-0.2, 0) is 9.59 Å². The zero-order valence-corrected chi connectivity index (χ0v) is 14.1. The molecule has 2 saturated heterocycles. The standard InChI is InChI=1S/C17H22N4O4/c1-11-9-18-5-2-14(11)19-17(25)20-6-3-13(4-7-20)21-10-12(16(23)24)8-15(21)22/h2,5,9,12-13H,3-4,6-8,10H2,1H3,(H,23,24)(H,18,19,25). The maximum atomic E-state index is 12.4. The molecule has 3 amide bonds. The SMILES string of the molecule is Cc1cnccc1NC(=O)N1CCC(N2CC(C(=O)O)CC2=O)CC1. The maximum absolute atomic E-state index is 12.4. The number of carbonyl (C=O) groups is 3. The lowest BCUT2D eigenvalue weighted by Gasteiger charge is -2.36. The van der Waals surface area contributed by atoms with Crippen LogP contribution in [0.3, 0.4) is 0 Å². The second-order valence-corrected chi connectivity index (χ2v) is 6.62. The van der Waals surface area contributed by atoms with Crippen LogP contribution >= 0.6 is 0 Å². The first-order valence-electron chi connectivity index (χ1n) is 8.44. The molecule has 2 aliphatic rings. The Kier molecular flexibility index (Phi) is 4.87. The van der Waals surface area contributed by atoms with Gasteiger partial charge in [-0.25, -0.2) is 4.79 Å². The summed E-state index contributed by atoms with van der Waals surface area (Å²) in [6.07, 6.45) is 4.74. The number of hydrogen-bond acceptors (Lipinski definition) is 4. The zero-order valence-electron chi connectivity index (χ0n) is 14.1. The molecule has 1 unspecified atom stereocenters. The fourth-order valence-electron chi connectivity index (χ4n) is 3.44. The van der Waals surface area contributed by atoms with E-state index in [1.54, 1.807) is 28.3 Å². The number of rotatable bonds is 3. The van der Waals surface area contributed by atoms with Crippen molar-refractivity contribution in [3.05, 3.63) is 24.0 Å². The van der Waals surface area contributed by atoms with Gasteiger partial charge in [0.15, 0.2) is 0 Å². The molecule has 3 rings (SSSR count). The van der Waals surface area contributed by atoms with Gasteiger partial charge in [-0.15, -0.1) is 0 Å². The number of nitrogens with one attached hydrogen (secondary N) is 1. The molecule has 0 saturated carbocycles. The summed E-state index contributed by atoms with van der Waals surface area (Å²) in [6.45, 7) is 3.25. The number of nitrogens with zero attached hydrogens (tertiary/aromatic N) is 3. The summed E-state index contributed by atoms with van der Waals surface area (Å²) in [5.41, 5.74) is 1.63. The highest BCUT2D eigenvalue weighted by Crippen LogP contribution is 2.26. The predicted octanol–water partition coefficient (Wildman–Crippen LogP) is 1.32. The Balaban J connectivity index is 1.53. The Bertz CT molecular complexity index is 685. The second kappa shape index (κ2) is 7.08. The minimum absolute atomic E-state index is 0.0172. The average Bonchev–Trinajstić information content (AvgIpc) is 2.99. The van der Waals surface area contributed by atoms with E-state index in [4.69, 9.17) is 5.11 Å². The summed E-state index contributed by atoms with van der Waals surface area (Å²) in [5.74, 6) is -1.62. The number of hydrogen-bond donors (Lipinski definition) is 2. The summed E-state index contributed by atoms with van der Waals surface area (Å²) in [4.78, 5) is 42.9. The van der Waals surface area contributed by atoms with Crippen LogP contribution in [0.25, 0.3) is 0 Å². The van der Waals surface area contributed by atoms with Gasteiger partial charge in [0.05, 0.1) is 5.92 Å². The topological polar surface area (TPSA) is 103 Å². The molecule has 0 bridgehead atoms. The molecule has 2 N–H and O–H groups in total. The van der Waals surface area contributed by atoms with E-state index in [-0.39, 0.29) is 30.9 Å². The number of pyridine rings is 1. The molecule has 2 fully saturated rings. The molecule has 8 nitrogen and oxygen atoms in total. The average molecular weight is 346 g/mol. The van der Waals surface area contributed by atoms with Crippen molar-refractivity contribution >= 4 is 23.6 Å². The van der Waals surface area contributed by atoms with Gasteiger partial charge in [-0.05, 0) is 31.4 Å². The zero-order chi connectivity index (χ0) is 18.0. The fourth-order valence-corrected chi connectivity index (χ4v) is 3.44. The molecule has 8 heteroatoms. The van der Waals surface area contributed by atoms with Crippen molar-refractivity contribution in [3.8, 4) is 0 Å². The van der Waals surface area contributed by atoms with Crippen molar-refractivity contribution in [2.75, 3.05) is 25.0 Å². The number of urea groups is 1. The molecule has 0 radical (unpaired) electrons. The normalized spacial score (nSPS) is 21.5. The van der Waals surface area contributed by atoms with Crippen molar-refractivity contribution in [2.45, 2.75) is 32.2 Å². The number of anilines is 1. The number of carboxylic acids is 1. The third kappa shape index (κ3) is 3.72. The van der Waals surface area contributed by atoms with Gasteiger partial charge in [-0.3, -0.25) is 14.6 Å². The maximum Gasteiger partial charge on any atom is 0.321 e. The van der Waals surface area contributed by atoms with Crippen LogP contribution in [0.1, 0.15) is 24.8 Å². The van der Waals surface area contributed by atoms with Crippen molar-refractivity contribution in [3.63, 3.8) is 0 Å². The number of likely N-dealkylation sites (tertiary alicyclic amines) is 2. The van der Waals surface area contributed by atoms with Crippen LogP contribution in [0.5, 0.6) is 0 Å². The Hall–Kier alpha value is -2.64. The van der Waals surface area contributed by atoms with E-state index in [0.717, 1.165) is 11.3 Å². The number of amides is 3. The summed E-state index contributed by atoms with van der Waals surface area (Å²) in [7, 11) is 0. The smallest absolute Gasteiger partial charge is 0.321 e. The van der Waals surface area contributed by atoms with Gasteiger partial charge in [0.2, 0.25) is 5.91 Å². The quantitative estimate of drug-likeness (QED) is 0.859. The molecule has 25 heavy (non-hydrogen) atoms. The van der Waals surface area contributed by atoms with Crippen molar-refractivity contribution in [1.82, 2.24) is 14.8 Å². The van der Waals surface area contributed by atoms with Crippen molar-refractivity contribution in [2.24, 2.45) is 5.92 Å². The Labute approximate surface area is 145 Å². The van der Waals surface area contributed by atoms with Crippen LogP contribution in [-0.4, -0.2) is 63.5 Å². The van der Waals surface area contributed by atoms with E-state index in [9.17, 15) is 14.4 Å². The van der Waals surface area contributed by atoms with E-state index < -0.39 is 11.9 Å². The van der Waals surface area contributed by atoms with Gasteiger partial charge >= 0.3 is 12.0 Å². The second-order valence-electron chi connectivity index (χ2n) is 6.62. The van der Waals surface area contributed by atoms with Crippen LogP contribution in [0.4, 0.5) is 10.5 Å². The van der Waals surface area contributed by atoms with Gasteiger partial charge in [0, 0.05) is 50.2 Å². The van der Waals surface area contributed by atoms with E-state index >= 15 is 0 Å². The highest BCUT2D eigenvalue weighted by Gasteiger charge is 2.39. The molecule has 1 aromatic heterocycles. The van der Waals surface area contributed by atoms with Gasteiger partial charge in [0.1, 0.15) is 0 Å². The number of carbonyl (C=O) groups excluding carboxylic acids is 2. The Morgan fingerprint density at radius 3 is 2.64 bits per heavy atom. The minimum atomic E-state index is -0.916. The molecular formula is C17H22N4O4. The third-order valence-corrected chi connectivity index (χ3v) is 4.96. The Morgan fingerprint density at radius 1 is 1.32 bits per heavy atom. The number of carboxylic acid groups (broad SMARTS) is 1. The predicted molar refractivity (Wildman–Crippen MR) is 90.0 cm³/mol. The summed E-state index contributed by atoms with van der Waals surface area (Å²) < 4.78 is 0. The van der Waals surface area contributed by atoms with Crippen LogP contribution in [0.15, 0.2) is 18.5 Å². The van der Waals surface area contributed by atoms with Crippen LogP contribution in [0.2, 0.25) is 0 Å². The third-order valence-electron chi connectivity index (χ3n) is 4.96. The van der Waals surface area contributed by atoms with Gasteiger partial charge in [0.25, 0.3) is 0 Å². The van der Waals surface area contributed by atoms with E-state index in [2.05, 4.69) is 10.3 Å². The number of aryl methyl sites for hydroxylation is 1. The number of aromatic nitrogens is 1. The van der Waals surface area contributed by atoms with E-state index in [1.165, 1.54) is 0 Å². The Morgan fingerprint density at radius 2 is 2.04 bits per heavy atom. The number of piperidine rings is 1. The summed E-state index contributed by atoms with van der Waals surface area (Å²) >= 11 is 0. The van der Waals surface area contributed by atoms with Gasteiger partial charge in [-0.1, -0.05) is 0 Å². The molecular weight excluding hydrogens is 324 g/mol. The first kappa shape index (κ1) is 17.2. The lowest BCUT2D eigenvalue weighted by atomic mass is 10.0.